The summed E-state index contributed by atoms with van der Waals surface area (Å²) < 4.78 is 6.51. The molecule has 112 valence electrons. The molecular formula is C18H24N2O. The Labute approximate surface area is 126 Å². The Bertz CT molecular complexity index is 628. The average Bonchev–Trinajstić information content (AvgIpc) is 2.83. The molecule has 2 heterocycles. The number of likely N-dealkylation sites (N-methyl/N-ethyl adjacent to an activating group) is 1. The maximum atomic E-state index is 6.51. The van der Waals surface area contributed by atoms with Crippen LogP contribution in [-0.2, 0) is 11.8 Å². The van der Waals surface area contributed by atoms with E-state index in [2.05, 4.69) is 31.0 Å². The van der Waals surface area contributed by atoms with Gasteiger partial charge in [-0.2, -0.15) is 0 Å². The van der Waals surface area contributed by atoms with Gasteiger partial charge in [0.05, 0.1) is 0 Å². The van der Waals surface area contributed by atoms with Crippen LogP contribution in [0.5, 0.6) is 5.75 Å². The fraction of sp³-hybridized carbons (Fsp3) is 0.667. The minimum Gasteiger partial charge on any atom is -0.487 e. The molecule has 1 saturated carbocycles. The SMILES string of the molecule is Cc1ccc2c3c1OC1[C@H](N)CCC4C(C2)N(C)CCC341. The lowest BCUT2D eigenvalue weighted by Crippen LogP contribution is -2.67. The molecule has 2 N–H and O–H groups in total. The number of aryl methyl sites for hydroxylation is 1. The maximum absolute atomic E-state index is 6.51. The minimum absolute atomic E-state index is 0.197. The highest BCUT2D eigenvalue weighted by molar-refractivity contribution is 5.58. The number of nitrogens with two attached hydrogens (primary N) is 1. The second kappa shape index (κ2) is 3.82. The fourth-order valence-electron chi connectivity index (χ4n) is 5.93. The molecule has 2 aliphatic carbocycles. The topological polar surface area (TPSA) is 38.5 Å². The van der Waals surface area contributed by atoms with Gasteiger partial charge in [0.1, 0.15) is 11.9 Å². The summed E-state index contributed by atoms with van der Waals surface area (Å²) in [6, 6.07) is 5.47. The quantitative estimate of drug-likeness (QED) is 0.792. The summed E-state index contributed by atoms with van der Waals surface area (Å²) in [4.78, 5) is 2.59. The number of piperidine rings is 1. The van der Waals surface area contributed by atoms with E-state index in [9.17, 15) is 0 Å². The summed E-state index contributed by atoms with van der Waals surface area (Å²) in [5, 5.41) is 0. The first-order valence-corrected chi connectivity index (χ1v) is 8.38. The van der Waals surface area contributed by atoms with E-state index in [1.807, 2.05) is 0 Å². The van der Waals surface area contributed by atoms with Gasteiger partial charge >= 0.3 is 0 Å². The van der Waals surface area contributed by atoms with Crippen LogP contribution in [-0.4, -0.2) is 36.7 Å². The van der Waals surface area contributed by atoms with Gasteiger partial charge in [-0.25, -0.2) is 0 Å². The van der Waals surface area contributed by atoms with Crippen molar-refractivity contribution in [1.29, 1.82) is 0 Å². The standard InChI is InChI=1S/C18H24N2O/c1-10-3-4-11-9-14-12-5-6-13(19)17-18(12,7-8-20(14)2)15(11)16(10)21-17/h3-4,12-14,17H,5-9,19H2,1-2H3/t12?,13-,14?,17?,18?/m1/s1. The molecule has 3 heteroatoms. The molecule has 2 bridgehead atoms. The van der Waals surface area contributed by atoms with Gasteiger partial charge in [-0.15, -0.1) is 0 Å². The predicted molar refractivity (Wildman–Crippen MR) is 82.7 cm³/mol. The van der Waals surface area contributed by atoms with Crippen molar-refractivity contribution >= 4 is 0 Å². The molecule has 2 aliphatic heterocycles. The van der Waals surface area contributed by atoms with Gasteiger partial charge in [-0.3, -0.25) is 0 Å². The largest absolute Gasteiger partial charge is 0.487 e. The van der Waals surface area contributed by atoms with Gasteiger partial charge in [0, 0.05) is 23.1 Å². The lowest BCUT2D eigenvalue weighted by molar-refractivity contribution is -0.0509. The summed E-state index contributed by atoms with van der Waals surface area (Å²) in [6.45, 7) is 3.37. The van der Waals surface area contributed by atoms with E-state index in [1.165, 1.54) is 42.7 Å². The van der Waals surface area contributed by atoms with Crippen molar-refractivity contribution in [2.75, 3.05) is 13.6 Å². The molecule has 1 spiro atoms. The van der Waals surface area contributed by atoms with Crippen molar-refractivity contribution in [3.63, 3.8) is 0 Å². The first kappa shape index (κ1) is 12.5. The van der Waals surface area contributed by atoms with E-state index in [-0.39, 0.29) is 17.6 Å². The lowest BCUT2D eigenvalue weighted by atomic mass is 9.51. The average molecular weight is 284 g/mol. The summed E-state index contributed by atoms with van der Waals surface area (Å²) in [5.41, 5.74) is 11.1. The third kappa shape index (κ3) is 1.29. The Morgan fingerprint density at radius 2 is 2.19 bits per heavy atom. The smallest absolute Gasteiger partial charge is 0.126 e. The first-order valence-electron chi connectivity index (χ1n) is 8.38. The number of rotatable bonds is 0. The second-order valence-electron chi connectivity index (χ2n) is 7.67. The van der Waals surface area contributed by atoms with Crippen LogP contribution >= 0.6 is 0 Å². The Kier molecular flexibility index (Phi) is 2.27. The van der Waals surface area contributed by atoms with E-state index in [0.29, 0.717) is 6.04 Å². The Hall–Kier alpha value is -1.06. The molecule has 1 saturated heterocycles. The Morgan fingerprint density at radius 3 is 3.05 bits per heavy atom. The third-order valence-corrected chi connectivity index (χ3v) is 6.86. The monoisotopic (exact) mass is 284 g/mol. The molecule has 5 rings (SSSR count). The molecular weight excluding hydrogens is 260 g/mol. The normalized spacial score (nSPS) is 43.4. The highest BCUT2D eigenvalue weighted by atomic mass is 16.5. The number of hydrogen-bond acceptors (Lipinski definition) is 3. The molecule has 0 radical (unpaired) electrons. The van der Waals surface area contributed by atoms with Crippen LogP contribution in [0.3, 0.4) is 0 Å². The molecule has 0 amide bonds. The van der Waals surface area contributed by atoms with Gasteiger partial charge < -0.3 is 15.4 Å². The first-order chi connectivity index (χ1) is 10.1. The number of nitrogens with zero attached hydrogens (tertiary/aromatic N) is 1. The van der Waals surface area contributed by atoms with Crippen LogP contribution in [0.1, 0.15) is 36.0 Å². The molecule has 1 aromatic carbocycles. The molecule has 1 aromatic rings. The second-order valence-corrected chi connectivity index (χ2v) is 7.67. The zero-order valence-electron chi connectivity index (χ0n) is 12.9. The predicted octanol–water partition coefficient (Wildman–Crippen LogP) is 1.99. The molecule has 3 nitrogen and oxygen atoms in total. The van der Waals surface area contributed by atoms with Gasteiger partial charge in [-0.05, 0) is 63.2 Å². The van der Waals surface area contributed by atoms with Crippen molar-refractivity contribution in [3.8, 4) is 5.75 Å². The van der Waals surface area contributed by atoms with Crippen molar-refractivity contribution in [1.82, 2.24) is 4.90 Å². The number of likely N-dealkylation sites (tertiary alicyclic amines) is 1. The summed E-state index contributed by atoms with van der Waals surface area (Å²) in [7, 11) is 2.30. The number of ether oxygens (including phenoxy) is 1. The number of benzene rings is 1. The van der Waals surface area contributed by atoms with Crippen LogP contribution in [0.15, 0.2) is 12.1 Å². The van der Waals surface area contributed by atoms with Crippen LogP contribution in [0.2, 0.25) is 0 Å². The van der Waals surface area contributed by atoms with Gasteiger partial charge in [0.25, 0.3) is 0 Å². The minimum atomic E-state index is 0.197. The highest BCUT2D eigenvalue weighted by Gasteiger charge is 2.64. The summed E-state index contributed by atoms with van der Waals surface area (Å²) in [6.07, 6.45) is 5.00. The zero-order chi connectivity index (χ0) is 14.4. The Morgan fingerprint density at radius 1 is 1.33 bits per heavy atom. The molecule has 4 aliphatic rings. The molecule has 0 aromatic heterocycles. The molecule has 2 fully saturated rings. The summed E-state index contributed by atoms with van der Waals surface area (Å²) in [5.74, 6) is 1.92. The van der Waals surface area contributed by atoms with E-state index in [1.54, 1.807) is 5.56 Å². The van der Waals surface area contributed by atoms with Crippen molar-refractivity contribution in [2.24, 2.45) is 11.7 Å². The van der Waals surface area contributed by atoms with E-state index in [4.69, 9.17) is 10.5 Å². The van der Waals surface area contributed by atoms with Crippen molar-refractivity contribution < 1.29 is 4.74 Å². The number of hydrogen-bond donors (Lipinski definition) is 1. The third-order valence-electron chi connectivity index (χ3n) is 6.86. The zero-order valence-corrected chi connectivity index (χ0v) is 12.9. The fourth-order valence-corrected chi connectivity index (χ4v) is 5.93. The van der Waals surface area contributed by atoms with Crippen LogP contribution in [0.25, 0.3) is 0 Å². The maximum Gasteiger partial charge on any atom is 0.126 e. The van der Waals surface area contributed by atoms with E-state index >= 15 is 0 Å². The van der Waals surface area contributed by atoms with Crippen molar-refractivity contribution in [2.45, 2.75) is 56.2 Å². The van der Waals surface area contributed by atoms with Crippen molar-refractivity contribution in [3.05, 3.63) is 28.8 Å². The van der Waals surface area contributed by atoms with Gasteiger partial charge in [0.2, 0.25) is 0 Å². The molecule has 21 heavy (non-hydrogen) atoms. The van der Waals surface area contributed by atoms with Crippen LogP contribution in [0, 0.1) is 12.8 Å². The van der Waals surface area contributed by atoms with E-state index < -0.39 is 0 Å². The molecule has 4 unspecified atom stereocenters. The highest BCUT2D eigenvalue weighted by Crippen LogP contribution is 2.62. The van der Waals surface area contributed by atoms with Crippen LogP contribution < -0.4 is 10.5 Å². The van der Waals surface area contributed by atoms with Crippen LogP contribution in [0.4, 0.5) is 0 Å². The van der Waals surface area contributed by atoms with Gasteiger partial charge in [0.15, 0.2) is 0 Å². The van der Waals surface area contributed by atoms with Gasteiger partial charge in [-0.1, -0.05) is 12.1 Å². The van der Waals surface area contributed by atoms with E-state index in [0.717, 1.165) is 12.3 Å². The molecule has 5 atom stereocenters. The Balaban J connectivity index is 1.81. The lowest BCUT2D eigenvalue weighted by Gasteiger charge is -2.58. The summed E-state index contributed by atoms with van der Waals surface area (Å²) >= 11 is 0.